The first-order valence-corrected chi connectivity index (χ1v) is 4.88. The summed E-state index contributed by atoms with van der Waals surface area (Å²) in [4.78, 5) is 4.18. The minimum atomic E-state index is -1.50. The number of rotatable bonds is 2. The number of benzene rings is 1. The van der Waals surface area contributed by atoms with Crippen molar-refractivity contribution < 1.29 is 4.39 Å². The van der Waals surface area contributed by atoms with Crippen molar-refractivity contribution in [2.24, 2.45) is 5.73 Å². The first kappa shape index (κ1) is 10.1. The Morgan fingerprint density at radius 1 is 1.33 bits per heavy atom. The molecule has 0 aliphatic heterocycles. The summed E-state index contributed by atoms with van der Waals surface area (Å²) in [5.74, 6) is 0. The molecule has 0 aliphatic carbocycles. The van der Waals surface area contributed by atoms with E-state index < -0.39 is 5.67 Å². The first-order valence-electron chi connectivity index (χ1n) is 4.88. The summed E-state index contributed by atoms with van der Waals surface area (Å²) >= 11 is 0. The van der Waals surface area contributed by atoms with E-state index in [1.54, 1.807) is 24.4 Å². The molecule has 3 heteroatoms. The number of pyridine rings is 1. The molecule has 0 bridgehead atoms. The topological polar surface area (TPSA) is 38.9 Å². The van der Waals surface area contributed by atoms with Gasteiger partial charge in [-0.3, -0.25) is 4.98 Å². The van der Waals surface area contributed by atoms with Crippen LogP contribution in [0.5, 0.6) is 0 Å². The summed E-state index contributed by atoms with van der Waals surface area (Å²) in [6.45, 7) is 1.47. The zero-order valence-corrected chi connectivity index (χ0v) is 8.57. The Balaban J connectivity index is 2.71. The highest BCUT2D eigenvalue weighted by molar-refractivity contribution is 5.82. The SMILES string of the molecule is CC(F)(CN)c1cccc2ncccc12. The molecule has 0 radical (unpaired) electrons. The summed E-state index contributed by atoms with van der Waals surface area (Å²) in [7, 11) is 0. The van der Waals surface area contributed by atoms with Crippen LogP contribution < -0.4 is 5.73 Å². The number of hydrogen-bond acceptors (Lipinski definition) is 2. The van der Waals surface area contributed by atoms with Crippen molar-refractivity contribution in [1.29, 1.82) is 0 Å². The lowest BCUT2D eigenvalue weighted by Gasteiger charge is -2.20. The van der Waals surface area contributed by atoms with E-state index in [1.807, 2.05) is 12.1 Å². The maximum Gasteiger partial charge on any atom is 0.146 e. The largest absolute Gasteiger partial charge is 0.327 e. The highest BCUT2D eigenvalue weighted by Crippen LogP contribution is 2.29. The van der Waals surface area contributed by atoms with Crippen LogP contribution in [0, 0.1) is 0 Å². The second-order valence-electron chi connectivity index (χ2n) is 3.78. The maximum absolute atomic E-state index is 14.1. The number of alkyl halides is 1. The summed E-state index contributed by atoms with van der Waals surface area (Å²) in [5, 5.41) is 0.829. The molecule has 0 saturated heterocycles. The highest BCUT2D eigenvalue weighted by atomic mass is 19.1. The van der Waals surface area contributed by atoms with Crippen LogP contribution in [0.2, 0.25) is 0 Å². The molecule has 2 nitrogen and oxygen atoms in total. The molecule has 2 aromatic rings. The molecule has 0 amide bonds. The number of aromatic nitrogens is 1. The number of nitrogens with zero attached hydrogens (tertiary/aromatic N) is 1. The first-order chi connectivity index (χ1) is 7.15. The van der Waals surface area contributed by atoms with Gasteiger partial charge >= 0.3 is 0 Å². The van der Waals surface area contributed by atoms with Gasteiger partial charge < -0.3 is 5.73 Å². The van der Waals surface area contributed by atoms with Crippen molar-refractivity contribution in [3.63, 3.8) is 0 Å². The van der Waals surface area contributed by atoms with Gasteiger partial charge in [-0.05, 0) is 24.6 Å². The van der Waals surface area contributed by atoms with E-state index in [2.05, 4.69) is 4.98 Å². The average molecular weight is 204 g/mol. The highest BCUT2D eigenvalue weighted by Gasteiger charge is 2.25. The Labute approximate surface area is 87.9 Å². The van der Waals surface area contributed by atoms with Gasteiger partial charge in [-0.2, -0.15) is 0 Å². The van der Waals surface area contributed by atoms with Crippen molar-refractivity contribution >= 4 is 10.9 Å². The molecule has 1 aromatic carbocycles. The molecule has 1 heterocycles. The fourth-order valence-corrected chi connectivity index (χ4v) is 1.67. The third-order valence-corrected chi connectivity index (χ3v) is 2.59. The van der Waals surface area contributed by atoms with Crippen LogP contribution in [-0.2, 0) is 5.67 Å². The van der Waals surface area contributed by atoms with Gasteiger partial charge in [0.1, 0.15) is 5.67 Å². The zero-order valence-electron chi connectivity index (χ0n) is 8.57. The molecule has 0 spiro atoms. The fraction of sp³-hybridized carbons (Fsp3) is 0.250. The summed E-state index contributed by atoms with van der Waals surface area (Å²) in [6, 6.07) is 9.10. The van der Waals surface area contributed by atoms with Crippen LogP contribution in [0.4, 0.5) is 4.39 Å². The van der Waals surface area contributed by atoms with Crippen LogP contribution in [0.25, 0.3) is 10.9 Å². The van der Waals surface area contributed by atoms with Crippen molar-refractivity contribution in [3.8, 4) is 0 Å². The minimum Gasteiger partial charge on any atom is -0.327 e. The lowest BCUT2D eigenvalue weighted by atomic mass is 9.94. The zero-order chi connectivity index (χ0) is 10.9. The van der Waals surface area contributed by atoms with Gasteiger partial charge in [0.25, 0.3) is 0 Å². The second-order valence-corrected chi connectivity index (χ2v) is 3.78. The molecular formula is C12H13FN2. The number of fused-ring (bicyclic) bond motifs is 1. The molecule has 15 heavy (non-hydrogen) atoms. The Morgan fingerprint density at radius 2 is 2.13 bits per heavy atom. The summed E-state index contributed by atoms with van der Waals surface area (Å²) in [5.41, 5.74) is 5.34. The molecule has 1 aromatic heterocycles. The Bertz CT molecular complexity index is 475. The van der Waals surface area contributed by atoms with E-state index >= 15 is 0 Å². The molecule has 1 unspecified atom stereocenters. The molecule has 0 fully saturated rings. The Kier molecular flexibility index (Phi) is 2.40. The number of nitrogens with two attached hydrogens (primary N) is 1. The lowest BCUT2D eigenvalue weighted by Crippen LogP contribution is -2.26. The van der Waals surface area contributed by atoms with E-state index in [0.29, 0.717) is 5.56 Å². The van der Waals surface area contributed by atoms with Gasteiger partial charge in [-0.15, -0.1) is 0 Å². The van der Waals surface area contributed by atoms with Crippen molar-refractivity contribution in [1.82, 2.24) is 4.98 Å². The van der Waals surface area contributed by atoms with Crippen molar-refractivity contribution in [2.45, 2.75) is 12.6 Å². The number of hydrogen-bond donors (Lipinski definition) is 1. The van der Waals surface area contributed by atoms with Crippen LogP contribution in [0.15, 0.2) is 36.5 Å². The van der Waals surface area contributed by atoms with Gasteiger partial charge in [0.05, 0.1) is 5.52 Å². The lowest BCUT2D eigenvalue weighted by molar-refractivity contribution is 0.205. The fourth-order valence-electron chi connectivity index (χ4n) is 1.67. The molecule has 78 valence electrons. The van der Waals surface area contributed by atoms with Crippen LogP contribution in [0.1, 0.15) is 12.5 Å². The molecule has 0 saturated carbocycles. The Morgan fingerprint density at radius 3 is 2.87 bits per heavy atom. The number of halogens is 1. The average Bonchev–Trinajstić information content (AvgIpc) is 2.28. The van der Waals surface area contributed by atoms with E-state index in [9.17, 15) is 4.39 Å². The van der Waals surface area contributed by atoms with Crippen LogP contribution >= 0.6 is 0 Å². The van der Waals surface area contributed by atoms with Gasteiger partial charge in [0.2, 0.25) is 0 Å². The van der Waals surface area contributed by atoms with Gasteiger partial charge in [0.15, 0.2) is 0 Å². The standard InChI is InChI=1S/C12H13FN2/c1-12(13,8-14)10-5-2-6-11-9(10)4-3-7-15-11/h2-7H,8,14H2,1H3. The van der Waals surface area contributed by atoms with Crippen molar-refractivity contribution in [3.05, 3.63) is 42.1 Å². The van der Waals surface area contributed by atoms with E-state index in [-0.39, 0.29) is 6.54 Å². The third-order valence-electron chi connectivity index (χ3n) is 2.59. The molecule has 1 atom stereocenters. The van der Waals surface area contributed by atoms with Crippen LogP contribution in [0.3, 0.4) is 0 Å². The van der Waals surface area contributed by atoms with Crippen molar-refractivity contribution in [2.75, 3.05) is 6.54 Å². The minimum absolute atomic E-state index is 0.0268. The van der Waals surface area contributed by atoms with E-state index in [1.165, 1.54) is 6.92 Å². The summed E-state index contributed by atoms with van der Waals surface area (Å²) in [6.07, 6.45) is 1.70. The van der Waals surface area contributed by atoms with Crippen LogP contribution in [-0.4, -0.2) is 11.5 Å². The molecule has 2 N–H and O–H groups in total. The molecule has 0 aliphatic rings. The Hall–Kier alpha value is -1.48. The normalized spacial score (nSPS) is 15.1. The maximum atomic E-state index is 14.1. The monoisotopic (exact) mass is 204 g/mol. The molecular weight excluding hydrogens is 191 g/mol. The smallest absolute Gasteiger partial charge is 0.146 e. The van der Waals surface area contributed by atoms with Gasteiger partial charge in [-0.25, -0.2) is 4.39 Å². The quantitative estimate of drug-likeness (QED) is 0.815. The predicted octanol–water partition coefficient (Wildman–Crippen LogP) is 2.38. The van der Waals surface area contributed by atoms with Gasteiger partial charge in [0, 0.05) is 18.1 Å². The third kappa shape index (κ3) is 1.70. The van der Waals surface area contributed by atoms with E-state index in [0.717, 1.165) is 10.9 Å². The predicted molar refractivity (Wildman–Crippen MR) is 59.3 cm³/mol. The molecule has 2 rings (SSSR count). The second kappa shape index (κ2) is 3.59. The van der Waals surface area contributed by atoms with E-state index in [4.69, 9.17) is 5.73 Å². The summed E-state index contributed by atoms with van der Waals surface area (Å²) < 4.78 is 14.1. The van der Waals surface area contributed by atoms with Gasteiger partial charge in [-0.1, -0.05) is 18.2 Å².